The number of nitrogens with zero attached hydrogens (tertiary/aromatic N) is 1. The topological polar surface area (TPSA) is 49.8 Å². The minimum atomic E-state index is -0.536. The Bertz CT molecular complexity index is 481. The van der Waals surface area contributed by atoms with Crippen molar-refractivity contribution in [2.45, 2.75) is 44.2 Å². The number of benzene rings is 1. The second-order valence-corrected chi connectivity index (χ2v) is 6.13. The molecule has 4 nitrogen and oxygen atoms in total. The van der Waals surface area contributed by atoms with Crippen molar-refractivity contribution in [3.8, 4) is 0 Å². The van der Waals surface area contributed by atoms with Gasteiger partial charge in [-0.1, -0.05) is 37.1 Å². The molecule has 1 N–H and O–H groups in total. The molecule has 1 aliphatic rings. The quantitative estimate of drug-likeness (QED) is 0.816. The smallest absolute Gasteiger partial charge is 0.309 e. The summed E-state index contributed by atoms with van der Waals surface area (Å²) in [6, 6.07) is 7.92. The van der Waals surface area contributed by atoms with E-state index < -0.39 is 5.60 Å². The fraction of sp³-hybridized carbons (Fsp3) is 0.588. The summed E-state index contributed by atoms with van der Waals surface area (Å²) in [4.78, 5) is 13.6. The highest BCUT2D eigenvalue weighted by molar-refractivity contribution is 5.72. The first-order valence-electron chi connectivity index (χ1n) is 7.57. The molecular weight excluding hydrogens is 266 g/mol. The molecule has 1 fully saturated rings. The van der Waals surface area contributed by atoms with Crippen LogP contribution in [-0.2, 0) is 22.5 Å². The maximum absolute atomic E-state index is 11.5. The molecule has 0 aliphatic heterocycles. The molecule has 1 saturated carbocycles. The number of carbonyl (C=O) groups excluding carboxylic acids is 1. The Morgan fingerprint density at radius 3 is 2.52 bits per heavy atom. The largest absolute Gasteiger partial charge is 0.469 e. The van der Waals surface area contributed by atoms with Gasteiger partial charge in [0.05, 0.1) is 19.1 Å². The molecule has 0 amide bonds. The third-order valence-electron chi connectivity index (χ3n) is 4.22. The SMILES string of the molecule is COC(=O)Cc1ccccc1CN(C)CC1(O)CCCC1. The van der Waals surface area contributed by atoms with Gasteiger partial charge in [0.25, 0.3) is 0 Å². The fourth-order valence-corrected chi connectivity index (χ4v) is 3.15. The maximum atomic E-state index is 11.5. The molecule has 0 radical (unpaired) electrons. The molecule has 1 aromatic rings. The van der Waals surface area contributed by atoms with Crippen LogP contribution in [-0.4, -0.2) is 42.3 Å². The van der Waals surface area contributed by atoms with Crippen molar-refractivity contribution in [3.63, 3.8) is 0 Å². The van der Waals surface area contributed by atoms with E-state index in [1.54, 1.807) is 0 Å². The third-order valence-corrected chi connectivity index (χ3v) is 4.22. The zero-order valence-electron chi connectivity index (χ0n) is 13.0. The molecule has 1 aliphatic carbocycles. The number of hydrogen-bond donors (Lipinski definition) is 1. The van der Waals surface area contributed by atoms with Gasteiger partial charge >= 0.3 is 5.97 Å². The van der Waals surface area contributed by atoms with Crippen LogP contribution in [0.4, 0.5) is 0 Å². The molecule has 0 aromatic heterocycles. The van der Waals surface area contributed by atoms with E-state index in [4.69, 9.17) is 4.74 Å². The lowest BCUT2D eigenvalue weighted by atomic mass is 10.0. The van der Waals surface area contributed by atoms with E-state index in [0.717, 1.165) is 43.4 Å². The molecule has 21 heavy (non-hydrogen) atoms. The zero-order valence-corrected chi connectivity index (χ0v) is 13.0. The second kappa shape index (κ2) is 7.05. The van der Waals surface area contributed by atoms with Crippen molar-refractivity contribution in [1.82, 2.24) is 4.90 Å². The maximum Gasteiger partial charge on any atom is 0.309 e. The Morgan fingerprint density at radius 2 is 1.90 bits per heavy atom. The van der Waals surface area contributed by atoms with Crippen LogP contribution >= 0.6 is 0 Å². The number of rotatable bonds is 6. The highest BCUT2D eigenvalue weighted by Gasteiger charge is 2.32. The number of esters is 1. The zero-order chi connectivity index (χ0) is 15.3. The summed E-state index contributed by atoms with van der Waals surface area (Å²) in [6.45, 7) is 1.41. The molecule has 0 saturated heterocycles. The average Bonchev–Trinajstić information content (AvgIpc) is 2.87. The summed E-state index contributed by atoms with van der Waals surface area (Å²) in [6.07, 6.45) is 4.31. The monoisotopic (exact) mass is 291 g/mol. The second-order valence-electron chi connectivity index (χ2n) is 6.13. The lowest BCUT2D eigenvalue weighted by Crippen LogP contribution is -2.38. The lowest BCUT2D eigenvalue weighted by molar-refractivity contribution is -0.139. The van der Waals surface area contributed by atoms with E-state index in [-0.39, 0.29) is 5.97 Å². The van der Waals surface area contributed by atoms with E-state index in [1.165, 1.54) is 7.11 Å². The molecule has 0 atom stereocenters. The van der Waals surface area contributed by atoms with Gasteiger partial charge in [0.1, 0.15) is 0 Å². The van der Waals surface area contributed by atoms with Gasteiger partial charge in [0.2, 0.25) is 0 Å². The van der Waals surface area contributed by atoms with Gasteiger partial charge in [-0.3, -0.25) is 9.69 Å². The van der Waals surface area contributed by atoms with Crippen LogP contribution in [0.25, 0.3) is 0 Å². The molecule has 0 bridgehead atoms. The van der Waals surface area contributed by atoms with Crippen molar-refractivity contribution in [3.05, 3.63) is 35.4 Å². The highest BCUT2D eigenvalue weighted by Crippen LogP contribution is 2.30. The van der Waals surface area contributed by atoms with Gasteiger partial charge in [0.15, 0.2) is 0 Å². The Kier molecular flexibility index (Phi) is 5.37. The van der Waals surface area contributed by atoms with E-state index in [2.05, 4.69) is 4.90 Å². The summed E-state index contributed by atoms with van der Waals surface area (Å²) in [5, 5.41) is 10.5. The first-order chi connectivity index (χ1) is 10.0. The number of carbonyl (C=O) groups is 1. The van der Waals surface area contributed by atoms with Crippen molar-refractivity contribution < 1.29 is 14.6 Å². The number of likely N-dealkylation sites (N-methyl/N-ethyl adjacent to an activating group) is 1. The summed E-state index contributed by atoms with van der Waals surface area (Å²) >= 11 is 0. The predicted molar refractivity (Wildman–Crippen MR) is 81.9 cm³/mol. The average molecular weight is 291 g/mol. The minimum absolute atomic E-state index is 0.223. The first kappa shape index (κ1) is 16.0. The van der Waals surface area contributed by atoms with Crippen molar-refractivity contribution >= 4 is 5.97 Å². The van der Waals surface area contributed by atoms with Crippen LogP contribution in [0.2, 0.25) is 0 Å². The van der Waals surface area contributed by atoms with Crippen molar-refractivity contribution in [2.75, 3.05) is 20.7 Å². The van der Waals surface area contributed by atoms with Crippen molar-refractivity contribution in [2.24, 2.45) is 0 Å². The van der Waals surface area contributed by atoms with Crippen LogP contribution in [0, 0.1) is 0 Å². The number of aliphatic hydroxyl groups is 1. The Hall–Kier alpha value is -1.39. The van der Waals surface area contributed by atoms with Crippen LogP contribution < -0.4 is 0 Å². The predicted octanol–water partition coefficient (Wildman–Crippen LogP) is 2.14. The van der Waals surface area contributed by atoms with E-state index >= 15 is 0 Å². The molecule has 116 valence electrons. The third kappa shape index (κ3) is 4.55. The summed E-state index contributed by atoms with van der Waals surface area (Å²) in [7, 11) is 3.43. The molecule has 1 aromatic carbocycles. The van der Waals surface area contributed by atoms with Gasteiger partial charge < -0.3 is 9.84 Å². The molecule has 0 heterocycles. The van der Waals surface area contributed by atoms with Gasteiger partial charge in [0, 0.05) is 13.1 Å². The standard InChI is InChI=1S/C17H25NO3/c1-18(13-17(20)9-5-6-10-17)12-15-8-4-3-7-14(15)11-16(19)21-2/h3-4,7-8,20H,5-6,9-13H2,1-2H3. The van der Waals surface area contributed by atoms with Crippen molar-refractivity contribution in [1.29, 1.82) is 0 Å². The fourth-order valence-electron chi connectivity index (χ4n) is 3.15. The minimum Gasteiger partial charge on any atom is -0.469 e. The van der Waals surface area contributed by atoms with Gasteiger partial charge in [-0.05, 0) is 31.0 Å². The number of hydrogen-bond acceptors (Lipinski definition) is 4. The van der Waals surface area contributed by atoms with E-state index in [9.17, 15) is 9.90 Å². The molecule has 0 unspecified atom stereocenters. The summed E-state index contributed by atoms with van der Waals surface area (Å²) < 4.78 is 4.75. The van der Waals surface area contributed by atoms with Gasteiger partial charge in [-0.25, -0.2) is 0 Å². The molecule has 2 rings (SSSR count). The van der Waals surface area contributed by atoms with Gasteiger partial charge in [-0.15, -0.1) is 0 Å². The van der Waals surface area contributed by atoms with E-state index in [1.807, 2.05) is 31.3 Å². The lowest BCUT2D eigenvalue weighted by Gasteiger charge is -2.29. The Labute approximate surface area is 126 Å². The molecule has 0 spiro atoms. The Morgan fingerprint density at radius 1 is 1.29 bits per heavy atom. The normalized spacial score (nSPS) is 17.1. The van der Waals surface area contributed by atoms with Crippen LogP contribution in [0.15, 0.2) is 24.3 Å². The first-order valence-corrected chi connectivity index (χ1v) is 7.57. The highest BCUT2D eigenvalue weighted by atomic mass is 16.5. The summed E-state index contributed by atoms with van der Waals surface area (Å²) in [5.74, 6) is -0.223. The summed E-state index contributed by atoms with van der Waals surface area (Å²) in [5.41, 5.74) is 1.58. The molecular formula is C17H25NO3. The van der Waals surface area contributed by atoms with E-state index in [0.29, 0.717) is 13.0 Å². The number of methoxy groups -OCH3 is 1. The van der Waals surface area contributed by atoms with Gasteiger partial charge in [-0.2, -0.15) is 0 Å². The van der Waals surface area contributed by atoms with Crippen LogP contribution in [0.1, 0.15) is 36.8 Å². The Balaban J connectivity index is 1.99. The van der Waals surface area contributed by atoms with Crippen LogP contribution in [0.3, 0.4) is 0 Å². The molecule has 4 heteroatoms. The number of ether oxygens (including phenoxy) is 1. The van der Waals surface area contributed by atoms with Crippen LogP contribution in [0.5, 0.6) is 0 Å².